The molecule has 0 unspecified atom stereocenters. The van der Waals surface area contributed by atoms with Gasteiger partial charge in [0.05, 0.1) is 0 Å². The lowest BCUT2D eigenvalue weighted by Gasteiger charge is -2.35. The average Bonchev–Trinajstić information content (AvgIpc) is 2.83. The van der Waals surface area contributed by atoms with Crippen LogP contribution in [-0.2, 0) is 9.53 Å². The second-order valence-corrected chi connectivity index (χ2v) is 5.41. The van der Waals surface area contributed by atoms with Crippen molar-refractivity contribution in [3.05, 3.63) is 0 Å². The molecule has 0 aromatic heterocycles. The smallest absolute Gasteiger partial charge is 0.249 e. The highest BCUT2D eigenvalue weighted by atomic mass is 16.5. The number of piperidine rings is 1. The summed E-state index contributed by atoms with van der Waals surface area (Å²) in [4.78, 5) is 14.3. The van der Waals surface area contributed by atoms with E-state index in [2.05, 4.69) is 24.1 Å². The van der Waals surface area contributed by atoms with Gasteiger partial charge in [0.15, 0.2) is 0 Å². The standard InChI is InChI=1S/C13H24N2O2/c1-10(2)15-7-5-11(6-8-15)14-13(16)12-4-3-9-17-12/h10-12H,3-9H2,1-2H3,(H,14,16)/t12-/m0/s1. The van der Waals surface area contributed by atoms with Crippen molar-refractivity contribution in [1.29, 1.82) is 0 Å². The van der Waals surface area contributed by atoms with Crippen molar-refractivity contribution in [3.8, 4) is 0 Å². The summed E-state index contributed by atoms with van der Waals surface area (Å²) in [6.07, 6.45) is 3.85. The molecule has 4 heteroatoms. The Balaban J connectivity index is 1.72. The molecule has 0 radical (unpaired) electrons. The van der Waals surface area contributed by atoms with Crippen LogP contribution in [0.3, 0.4) is 0 Å². The fraction of sp³-hybridized carbons (Fsp3) is 0.923. The molecule has 2 aliphatic rings. The minimum atomic E-state index is -0.182. The number of hydrogen-bond donors (Lipinski definition) is 1. The van der Waals surface area contributed by atoms with Crippen molar-refractivity contribution >= 4 is 5.91 Å². The number of rotatable bonds is 3. The molecular weight excluding hydrogens is 216 g/mol. The van der Waals surface area contributed by atoms with Crippen molar-refractivity contribution in [2.24, 2.45) is 0 Å². The highest BCUT2D eigenvalue weighted by Crippen LogP contribution is 2.15. The van der Waals surface area contributed by atoms with Crippen LogP contribution in [-0.4, -0.2) is 48.7 Å². The third kappa shape index (κ3) is 3.42. The first-order chi connectivity index (χ1) is 8.16. The minimum absolute atomic E-state index is 0.102. The summed E-state index contributed by atoms with van der Waals surface area (Å²) in [5, 5.41) is 3.13. The molecule has 2 fully saturated rings. The van der Waals surface area contributed by atoms with Crippen molar-refractivity contribution in [2.75, 3.05) is 19.7 Å². The van der Waals surface area contributed by atoms with E-state index in [9.17, 15) is 4.79 Å². The number of likely N-dealkylation sites (tertiary alicyclic amines) is 1. The summed E-state index contributed by atoms with van der Waals surface area (Å²) >= 11 is 0. The van der Waals surface area contributed by atoms with Gasteiger partial charge in [-0.2, -0.15) is 0 Å². The number of hydrogen-bond acceptors (Lipinski definition) is 3. The van der Waals surface area contributed by atoms with Gasteiger partial charge in [-0.1, -0.05) is 0 Å². The Morgan fingerprint density at radius 2 is 2.00 bits per heavy atom. The van der Waals surface area contributed by atoms with Gasteiger partial charge in [0.2, 0.25) is 5.91 Å². The van der Waals surface area contributed by atoms with Crippen LogP contribution < -0.4 is 5.32 Å². The van der Waals surface area contributed by atoms with Crippen LogP contribution in [0.1, 0.15) is 39.5 Å². The normalized spacial score (nSPS) is 27.6. The molecule has 1 amide bonds. The zero-order valence-corrected chi connectivity index (χ0v) is 10.9. The number of ether oxygens (including phenoxy) is 1. The highest BCUT2D eigenvalue weighted by molar-refractivity contribution is 5.81. The Bertz CT molecular complexity index is 254. The molecule has 2 saturated heterocycles. The van der Waals surface area contributed by atoms with Gasteiger partial charge in [-0.25, -0.2) is 0 Å². The molecule has 0 saturated carbocycles. The zero-order valence-electron chi connectivity index (χ0n) is 10.9. The summed E-state index contributed by atoms with van der Waals surface area (Å²) < 4.78 is 5.39. The van der Waals surface area contributed by atoms with Gasteiger partial charge in [0.1, 0.15) is 6.10 Å². The van der Waals surface area contributed by atoms with Gasteiger partial charge in [-0.15, -0.1) is 0 Å². The third-order valence-corrected chi connectivity index (χ3v) is 3.83. The molecule has 1 atom stereocenters. The first kappa shape index (κ1) is 12.8. The van der Waals surface area contributed by atoms with Crippen molar-refractivity contribution < 1.29 is 9.53 Å². The molecule has 2 heterocycles. The Hall–Kier alpha value is -0.610. The van der Waals surface area contributed by atoms with E-state index in [1.165, 1.54) is 0 Å². The molecule has 0 bridgehead atoms. The maximum absolute atomic E-state index is 11.9. The van der Waals surface area contributed by atoms with E-state index >= 15 is 0 Å². The second kappa shape index (κ2) is 5.83. The van der Waals surface area contributed by atoms with Crippen LogP contribution in [0.2, 0.25) is 0 Å². The molecule has 0 aliphatic carbocycles. The van der Waals surface area contributed by atoms with Crippen molar-refractivity contribution in [2.45, 2.75) is 57.7 Å². The lowest BCUT2D eigenvalue weighted by atomic mass is 10.0. The summed E-state index contributed by atoms with van der Waals surface area (Å²) in [7, 11) is 0. The van der Waals surface area contributed by atoms with Crippen molar-refractivity contribution in [1.82, 2.24) is 10.2 Å². The van der Waals surface area contributed by atoms with E-state index in [4.69, 9.17) is 4.74 Å². The van der Waals surface area contributed by atoms with Gasteiger partial charge in [-0.05, 0) is 39.5 Å². The molecule has 17 heavy (non-hydrogen) atoms. The van der Waals surface area contributed by atoms with E-state index in [1.54, 1.807) is 0 Å². The van der Waals surface area contributed by atoms with E-state index in [0.717, 1.165) is 45.4 Å². The maximum atomic E-state index is 11.9. The zero-order chi connectivity index (χ0) is 12.3. The maximum Gasteiger partial charge on any atom is 0.249 e. The number of nitrogens with one attached hydrogen (secondary N) is 1. The first-order valence-electron chi connectivity index (χ1n) is 6.83. The summed E-state index contributed by atoms with van der Waals surface area (Å²) in [6.45, 7) is 7.38. The van der Waals surface area contributed by atoms with Gasteiger partial charge >= 0.3 is 0 Å². The SMILES string of the molecule is CC(C)N1CCC(NC(=O)[C@@H]2CCCO2)CC1. The topological polar surface area (TPSA) is 41.6 Å². The van der Waals surface area contributed by atoms with Gasteiger partial charge in [0.25, 0.3) is 0 Å². The summed E-state index contributed by atoms with van der Waals surface area (Å²) in [6, 6.07) is 0.964. The van der Waals surface area contributed by atoms with E-state index in [-0.39, 0.29) is 12.0 Å². The minimum Gasteiger partial charge on any atom is -0.368 e. The van der Waals surface area contributed by atoms with Crippen molar-refractivity contribution in [3.63, 3.8) is 0 Å². The van der Waals surface area contributed by atoms with Crippen LogP contribution in [0.5, 0.6) is 0 Å². The summed E-state index contributed by atoms with van der Waals surface area (Å²) in [5.41, 5.74) is 0. The predicted molar refractivity (Wildman–Crippen MR) is 66.8 cm³/mol. The molecule has 4 nitrogen and oxygen atoms in total. The van der Waals surface area contributed by atoms with Gasteiger partial charge in [0, 0.05) is 31.8 Å². The third-order valence-electron chi connectivity index (χ3n) is 3.83. The first-order valence-corrected chi connectivity index (χ1v) is 6.83. The molecule has 2 aliphatic heterocycles. The lowest BCUT2D eigenvalue weighted by molar-refractivity contribution is -0.131. The molecule has 0 aromatic carbocycles. The molecule has 0 aromatic rings. The molecule has 1 N–H and O–H groups in total. The Labute approximate surface area is 104 Å². The quantitative estimate of drug-likeness (QED) is 0.804. The fourth-order valence-electron chi connectivity index (χ4n) is 2.64. The number of nitrogens with zero attached hydrogens (tertiary/aromatic N) is 1. The molecule has 0 spiro atoms. The monoisotopic (exact) mass is 240 g/mol. The number of carbonyl (C=O) groups is 1. The molecule has 2 rings (SSSR count). The van der Waals surface area contributed by atoms with Gasteiger partial charge < -0.3 is 15.0 Å². The lowest BCUT2D eigenvalue weighted by Crippen LogP contribution is -2.48. The Kier molecular flexibility index (Phi) is 4.40. The van der Waals surface area contributed by atoms with E-state index < -0.39 is 0 Å². The fourth-order valence-corrected chi connectivity index (χ4v) is 2.64. The van der Waals surface area contributed by atoms with Crippen LogP contribution in [0.15, 0.2) is 0 Å². The van der Waals surface area contributed by atoms with E-state index in [1.807, 2.05) is 0 Å². The van der Waals surface area contributed by atoms with Crippen LogP contribution >= 0.6 is 0 Å². The van der Waals surface area contributed by atoms with Crippen LogP contribution in [0.25, 0.3) is 0 Å². The van der Waals surface area contributed by atoms with Crippen LogP contribution in [0, 0.1) is 0 Å². The van der Waals surface area contributed by atoms with Gasteiger partial charge in [-0.3, -0.25) is 4.79 Å². The molecule has 98 valence electrons. The second-order valence-electron chi connectivity index (χ2n) is 5.41. The predicted octanol–water partition coefficient (Wildman–Crippen LogP) is 1.15. The molecular formula is C13H24N2O2. The Morgan fingerprint density at radius 1 is 1.29 bits per heavy atom. The van der Waals surface area contributed by atoms with E-state index in [0.29, 0.717) is 12.1 Å². The summed E-state index contributed by atoms with van der Waals surface area (Å²) in [5.74, 6) is 0.102. The highest BCUT2D eigenvalue weighted by Gasteiger charge is 2.27. The number of carbonyl (C=O) groups excluding carboxylic acids is 1. The average molecular weight is 240 g/mol. The van der Waals surface area contributed by atoms with Crippen LogP contribution in [0.4, 0.5) is 0 Å². The largest absolute Gasteiger partial charge is 0.368 e. The number of amides is 1. The Morgan fingerprint density at radius 3 is 2.53 bits per heavy atom.